The fourth-order valence-electron chi connectivity index (χ4n) is 4.05. The summed E-state index contributed by atoms with van der Waals surface area (Å²) >= 11 is 0. The Kier molecular flexibility index (Phi) is 8.36. The molecule has 3 aliphatic heterocycles. The zero-order valence-electron chi connectivity index (χ0n) is 17.6. The molecule has 1 amide bonds. The van der Waals surface area contributed by atoms with E-state index >= 15 is 0 Å². The van der Waals surface area contributed by atoms with Gasteiger partial charge >= 0.3 is 0 Å². The summed E-state index contributed by atoms with van der Waals surface area (Å²) in [7, 11) is 3.55. The van der Waals surface area contributed by atoms with Gasteiger partial charge in [-0.2, -0.15) is 0 Å². The smallest absolute Gasteiger partial charge is 0.243 e. The molecule has 0 aromatic carbocycles. The van der Waals surface area contributed by atoms with E-state index in [0.29, 0.717) is 5.92 Å². The summed E-state index contributed by atoms with van der Waals surface area (Å²) in [6, 6.07) is 0. The summed E-state index contributed by atoms with van der Waals surface area (Å²) in [5.41, 5.74) is 0. The Balaban J connectivity index is 1.54. The molecule has 0 radical (unpaired) electrons. The lowest BCUT2D eigenvalue weighted by atomic mass is 10.1. The Morgan fingerprint density at radius 1 is 1.14 bits per heavy atom. The first kappa shape index (κ1) is 21.3. The molecule has 8 heteroatoms. The van der Waals surface area contributed by atoms with Gasteiger partial charge in [0.05, 0.1) is 19.3 Å². The van der Waals surface area contributed by atoms with E-state index in [2.05, 4.69) is 20.1 Å². The Morgan fingerprint density at radius 2 is 1.96 bits per heavy atom. The van der Waals surface area contributed by atoms with Crippen LogP contribution in [0.4, 0.5) is 0 Å². The van der Waals surface area contributed by atoms with Crippen LogP contribution < -0.4 is 5.32 Å². The average molecular weight is 396 g/mol. The molecule has 2 unspecified atom stereocenters. The van der Waals surface area contributed by atoms with Crippen molar-refractivity contribution in [3.63, 3.8) is 0 Å². The molecule has 0 spiro atoms. The van der Waals surface area contributed by atoms with Crippen LogP contribution in [0.1, 0.15) is 25.7 Å². The van der Waals surface area contributed by atoms with E-state index in [1.54, 1.807) is 19.0 Å². The summed E-state index contributed by atoms with van der Waals surface area (Å²) in [4.78, 5) is 23.1. The molecule has 1 N–H and O–H groups in total. The van der Waals surface area contributed by atoms with Crippen LogP contribution in [-0.4, -0.2) is 112 Å². The van der Waals surface area contributed by atoms with Gasteiger partial charge in [0.1, 0.15) is 6.54 Å². The molecule has 3 rings (SSSR count). The third-order valence-corrected chi connectivity index (χ3v) is 5.83. The van der Waals surface area contributed by atoms with Gasteiger partial charge in [-0.15, -0.1) is 0 Å². The minimum Gasteiger partial charge on any atom is -0.379 e. The Labute approximate surface area is 169 Å². The number of hydrogen-bond acceptors (Lipinski definition) is 5. The van der Waals surface area contributed by atoms with Crippen molar-refractivity contribution in [3.05, 3.63) is 0 Å². The van der Waals surface area contributed by atoms with Crippen molar-refractivity contribution in [2.24, 2.45) is 10.9 Å². The molecule has 0 aromatic heterocycles. The lowest BCUT2D eigenvalue weighted by Crippen LogP contribution is -2.45. The van der Waals surface area contributed by atoms with Gasteiger partial charge in [-0.05, 0) is 31.6 Å². The first-order valence-electron chi connectivity index (χ1n) is 10.8. The van der Waals surface area contributed by atoms with E-state index < -0.39 is 0 Å². The number of rotatable bonds is 6. The summed E-state index contributed by atoms with van der Waals surface area (Å²) < 4.78 is 11.3. The number of aliphatic imine (C=N–C) groups is 1. The Bertz CT molecular complexity index is 516. The third kappa shape index (κ3) is 6.60. The molecular formula is C20H37N5O3. The number of carbonyl (C=O) groups is 1. The third-order valence-electron chi connectivity index (χ3n) is 5.83. The van der Waals surface area contributed by atoms with Crippen LogP contribution in [0.15, 0.2) is 4.99 Å². The van der Waals surface area contributed by atoms with E-state index in [1.165, 1.54) is 12.8 Å². The molecule has 8 nitrogen and oxygen atoms in total. The van der Waals surface area contributed by atoms with Crippen molar-refractivity contribution in [2.75, 3.05) is 79.7 Å². The number of guanidine groups is 1. The maximum Gasteiger partial charge on any atom is 0.243 e. The number of nitrogens with one attached hydrogen (secondary N) is 1. The van der Waals surface area contributed by atoms with E-state index in [9.17, 15) is 4.79 Å². The fourth-order valence-corrected chi connectivity index (χ4v) is 4.05. The largest absolute Gasteiger partial charge is 0.379 e. The second kappa shape index (κ2) is 11.0. The number of amides is 1. The standard InChI is InChI=1S/C20H37N5O3/c1-23(2)19(26)14-22-20(21-13-18-5-3-4-10-28-18)25-7-6-17(16-25)15-24-8-11-27-12-9-24/h17-18H,3-16H2,1-2H3,(H,21,22). The number of carbonyl (C=O) groups excluding carboxylic acids is 1. The van der Waals surface area contributed by atoms with Crippen LogP contribution in [0, 0.1) is 5.92 Å². The summed E-state index contributed by atoms with van der Waals surface area (Å²) in [5, 5.41) is 3.50. The molecular weight excluding hydrogens is 358 g/mol. The summed E-state index contributed by atoms with van der Waals surface area (Å²) in [6.45, 7) is 8.66. The highest BCUT2D eigenvalue weighted by Crippen LogP contribution is 2.19. The van der Waals surface area contributed by atoms with Crippen molar-refractivity contribution in [1.82, 2.24) is 20.0 Å². The predicted molar refractivity (Wildman–Crippen MR) is 110 cm³/mol. The maximum absolute atomic E-state index is 12.0. The van der Waals surface area contributed by atoms with Crippen molar-refractivity contribution >= 4 is 11.9 Å². The van der Waals surface area contributed by atoms with Crippen molar-refractivity contribution in [3.8, 4) is 0 Å². The van der Waals surface area contributed by atoms with E-state index in [4.69, 9.17) is 9.47 Å². The molecule has 3 saturated heterocycles. The second-order valence-corrected chi connectivity index (χ2v) is 8.31. The maximum atomic E-state index is 12.0. The van der Waals surface area contributed by atoms with Crippen molar-refractivity contribution < 1.29 is 14.3 Å². The highest BCUT2D eigenvalue weighted by atomic mass is 16.5. The van der Waals surface area contributed by atoms with E-state index in [0.717, 1.165) is 77.9 Å². The number of hydrogen-bond donors (Lipinski definition) is 1. The Hall–Kier alpha value is -1.38. The highest BCUT2D eigenvalue weighted by Gasteiger charge is 2.28. The van der Waals surface area contributed by atoms with Crippen LogP contribution >= 0.6 is 0 Å². The van der Waals surface area contributed by atoms with Crippen molar-refractivity contribution in [2.45, 2.75) is 31.8 Å². The van der Waals surface area contributed by atoms with Gasteiger partial charge in [-0.3, -0.25) is 9.69 Å². The average Bonchev–Trinajstić information content (AvgIpc) is 3.17. The molecule has 3 aliphatic rings. The quantitative estimate of drug-likeness (QED) is 0.513. The number of likely N-dealkylation sites (tertiary alicyclic amines) is 1. The monoisotopic (exact) mass is 395 g/mol. The second-order valence-electron chi connectivity index (χ2n) is 8.31. The van der Waals surface area contributed by atoms with Gasteiger partial charge in [-0.25, -0.2) is 4.99 Å². The van der Waals surface area contributed by atoms with Gasteiger partial charge in [0, 0.05) is 60.0 Å². The van der Waals surface area contributed by atoms with Gasteiger partial charge in [0.25, 0.3) is 0 Å². The molecule has 3 fully saturated rings. The van der Waals surface area contributed by atoms with Crippen LogP contribution in [0.25, 0.3) is 0 Å². The number of nitrogens with zero attached hydrogens (tertiary/aromatic N) is 4. The predicted octanol–water partition coefficient (Wildman–Crippen LogP) is 0.243. The lowest BCUT2D eigenvalue weighted by molar-refractivity contribution is -0.127. The van der Waals surface area contributed by atoms with Gasteiger partial charge in [-0.1, -0.05) is 0 Å². The number of ether oxygens (including phenoxy) is 2. The minimum atomic E-state index is 0.0253. The Morgan fingerprint density at radius 3 is 2.68 bits per heavy atom. The number of morpholine rings is 1. The zero-order valence-corrected chi connectivity index (χ0v) is 17.6. The van der Waals surface area contributed by atoms with Crippen LogP contribution in [0.3, 0.4) is 0 Å². The minimum absolute atomic E-state index is 0.0253. The molecule has 2 atom stereocenters. The summed E-state index contributed by atoms with van der Waals surface area (Å²) in [5.74, 6) is 1.52. The zero-order chi connectivity index (χ0) is 19.8. The lowest BCUT2D eigenvalue weighted by Gasteiger charge is -2.29. The van der Waals surface area contributed by atoms with Crippen LogP contribution in [-0.2, 0) is 14.3 Å². The molecule has 0 saturated carbocycles. The van der Waals surface area contributed by atoms with Gasteiger partial charge in [0.15, 0.2) is 5.96 Å². The normalized spacial score (nSPS) is 27.1. The van der Waals surface area contributed by atoms with Gasteiger partial charge < -0.3 is 24.6 Å². The van der Waals surface area contributed by atoms with Crippen LogP contribution in [0.2, 0.25) is 0 Å². The van der Waals surface area contributed by atoms with Crippen molar-refractivity contribution in [1.29, 1.82) is 0 Å². The van der Waals surface area contributed by atoms with Gasteiger partial charge in [0.2, 0.25) is 5.91 Å². The summed E-state index contributed by atoms with van der Waals surface area (Å²) in [6.07, 6.45) is 4.89. The van der Waals surface area contributed by atoms with E-state index in [1.807, 2.05) is 0 Å². The number of likely N-dealkylation sites (N-methyl/N-ethyl adjacent to an activating group) is 1. The highest BCUT2D eigenvalue weighted by molar-refractivity contribution is 5.85. The van der Waals surface area contributed by atoms with E-state index in [-0.39, 0.29) is 18.6 Å². The molecule has 3 heterocycles. The molecule has 0 aliphatic carbocycles. The topological polar surface area (TPSA) is 69.6 Å². The van der Waals surface area contributed by atoms with Crippen LogP contribution in [0.5, 0.6) is 0 Å². The molecule has 28 heavy (non-hydrogen) atoms. The first-order chi connectivity index (χ1) is 13.6. The molecule has 0 aromatic rings. The fraction of sp³-hybridized carbons (Fsp3) is 0.900. The molecule has 0 bridgehead atoms. The SMILES string of the molecule is CN(C)C(=O)CN=C(NCC1CCCCO1)N1CCC(CN2CCOCC2)C1. The molecule has 160 valence electrons. The first-order valence-corrected chi connectivity index (χ1v) is 10.8.